The lowest BCUT2D eigenvalue weighted by atomic mass is 9.93. The number of hydrogen-bond donors (Lipinski definition) is 1. The summed E-state index contributed by atoms with van der Waals surface area (Å²) >= 11 is 0. The van der Waals surface area contributed by atoms with E-state index in [0.29, 0.717) is 11.3 Å². The van der Waals surface area contributed by atoms with Gasteiger partial charge in [0.15, 0.2) is 5.92 Å². The van der Waals surface area contributed by atoms with Crippen LogP contribution in [0.25, 0.3) is 0 Å². The number of nitrogens with two attached hydrogens (primary N) is 1. The second-order valence-corrected chi connectivity index (χ2v) is 4.61. The van der Waals surface area contributed by atoms with E-state index in [1.165, 1.54) is 7.11 Å². The fourth-order valence-electron chi connectivity index (χ4n) is 1.96. The van der Waals surface area contributed by atoms with Crippen molar-refractivity contribution in [1.82, 2.24) is 0 Å². The van der Waals surface area contributed by atoms with E-state index in [1.807, 2.05) is 0 Å². The number of hydrogen-bond acceptors (Lipinski definition) is 2. The summed E-state index contributed by atoms with van der Waals surface area (Å²) in [6, 6.07) is 4.26. The van der Waals surface area contributed by atoms with Crippen LogP contribution in [-0.2, 0) is 6.42 Å². The van der Waals surface area contributed by atoms with Crippen molar-refractivity contribution in [3.8, 4) is 5.75 Å². The first-order chi connectivity index (χ1) is 9.55. The number of aryl methyl sites for hydroxylation is 1. The molecule has 0 amide bonds. The molecule has 0 fully saturated rings. The van der Waals surface area contributed by atoms with E-state index in [0.717, 1.165) is 0 Å². The van der Waals surface area contributed by atoms with Gasteiger partial charge in [0.2, 0.25) is 0 Å². The molecule has 0 bridgehead atoms. The van der Waals surface area contributed by atoms with E-state index in [9.17, 15) is 26.3 Å². The van der Waals surface area contributed by atoms with Crippen LogP contribution in [0, 0.1) is 5.92 Å². The largest absolute Gasteiger partial charge is 0.497 e. The van der Waals surface area contributed by atoms with Gasteiger partial charge in [-0.25, -0.2) is 0 Å². The number of rotatable bonds is 5. The van der Waals surface area contributed by atoms with E-state index in [2.05, 4.69) is 0 Å². The normalized spacial score (nSPS) is 14.3. The van der Waals surface area contributed by atoms with Gasteiger partial charge in [0.25, 0.3) is 0 Å². The minimum atomic E-state index is -5.41. The minimum absolute atomic E-state index is 0.0216. The van der Waals surface area contributed by atoms with Crippen molar-refractivity contribution in [2.45, 2.75) is 31.2 Å². The van der Waals surface area contributed by atoms with E-state index >= 15 is 0 Å². The zero-order chi connectivity index (χ0) is 16.3. The van der Waals surface area contributed by atoms with Crippen molar-refractivity contribution in [2.24, 2.45) is 11.7 Å². The molecular formula is C13H15F6NO. The third kappa shape index (κ3) is 5.11. The summed E-state index contributed by atoms with van der Waals surface area (Å²) in [5.41, 5.74) is 5.72. The van der Waals surface area contributed by atoms with Gasteiger partial charge in [-0.05, 0) is 30.5 Å². The van der Waals surface area contributed by atoms with Crippen molar-refractivity contribution in [3.63, 3.8) is 0 Å². The van der Waals surface area contributed by atoms with Gasteiger partial charge in [-0.1, -0.05) is 12.1 Å². The molecule has 0 saturated carbocycles. The molecule has 0 aliphatic heterocycles. The fraction of sp³-hybridized carbons (Fsp3) is 0.538. The maximum Gasteiger partial charge on any atom is 0.401 e. The Bertz CT molecular complexity index is 425. The van der Waals surface area contributed by atoms with Gasteiger partial charge < -0.3 is 10.5 Å². The first-order valence-electron chi connectivity index (χ1n) is 6.07. The van der Waals surface area contributed by atoms with Gasteiger partial charge >= 0.3 is 12.4 Å². The summed E-state index contributed by atoms with van der Waals surface area (Å²) in [5, 5.41) is 0. The van der Waals surface area contributed by atoms with Crippen molar-refractivity contribution < 1.29 is 31.1 Å². The molecule has 1 unspecified atom stereocenters. The van der Waals surface area contributed by atoms with Gasteiger partial charge in [0.05, 0.1) is 7.11 Å². The van der Waals surface area contributed by atoms with Crippen molar-refractivity contribution >= 4 is 0 Å². The molecule has 1 aromatic carbocycles. The molecule has 0 aliphatic carbocycles. The Balaban J connectivity index is 2.71. The highest BCUT2D eigenvalue weighted by molar-refractivity contribution is 5.27. The minimum Gasteiger partial charge on any atom is -0.497 e. The van der Waals surface area contributed by atoms with Gasteiger partial charge in [-0.3, -0.25) is 0 Å². The maximum absolute atomic E-state index is 12.5. The van der Waals surface area contributed by atoms with Crippen molar-refractivity contribution in [2.75, 3.05) is 7.11 Å². The molecule has 1 atom stereocenters. The Labute approximate surface area is 117 Å². The molecule has 2 N–H and O–H groups in total. The average molecular weight is 315 g/mol. The topological polar surface area (TPSA) is 35.2 Å². The molecule has 0 aliphatic rings. The Morgan fingerprint density at radius 3 is 1.86 bits per heavy atom. The van der Waals surface area contributed by atoms with E-state index in [4.69, 9.17) is 10.5 Å². The van der Waals surface area contributed by atoms with E-state index in [1.54, 1.807) is 24.3 Å². The Morgan fingerprint density at radius 1 is 1.00 bits per heavy atom. The molecule has 8 heteroatoms. The number of methoxy groups -OCH3 is 1. The summed E-state index contributed by atoms with van der Waals surface area (Å²) in [6.07, 6.45) is -11.2. The third-order valence-electron chi connectivity index (χ3n) is 3.06. The Morgan fingerprint density at radius 2 is 1.48 bits per heavy atom. The highest BCUT2D eigenvalue weighted by Gasteiger charge is 2.59. The zero-order valence-corrected chi connectivity index (χ0v) is 11.1. The molecule has 0 radical (unpaired) electrons. The van der Waals surface area contributed by atoms with Gasteiger partial charge in [-0.15, -0.1) is 0 Å². The SMILES string of the molecule is COc1ccc(CCC(N)C(C(F)(F)F)C(F)(F)F)cc1. The molecule has 0 heterocycles. The van der Waals surface area contributed by atoms with Gasteiger partial charge in [-0.2, -0.15) is 26.3 Å². The Kier molecular flexibility index (Phi) is 5.49. The molecule has 21 heavy (non-hydrogen) atoms. The quantitative estimate of drug-likeness (QED) is 0.841. The van der Waals surface area contributed by atoms with Crippen LogP contribution in [0.1, 0.15) is 12.0 Å². The monoisotopic (exact) mass is 315 g/mol. The van der Waals surface area contributed by atoms with Crippen LogP contribution < -0.4 is 10.5 Å². The second kappa shape index (κ2) is 6.55. The lowest BCUT2D eigenvalue weighted by Gasteiger charge is -2.28. The van der Waals surface area contributed by atoms with Gasteiger partial charge in [0, 0.05) is 6.04 Å². The fourth-order valence-corrected chi connectivity index (χ4v) is 1.96. The van der Waals surface area contributed by atoms with Crippen LogP contribution in [0.2, 0.25) is 0 Å². The smallest absolute Gasteiger partial charge is 0.401 e. The van der Waals surface area contributed by atoms with E-state index < -0.39 is 30.7 Å². The predicted octanol–water partition coefficient (Wildman–Crippen LogP) is 3.70. The third-order valence-corrected chi connectivity index (χ3v) is 3.06. The van der Waals surface area contributed by atoms with Crippen LogP contribution in [0.4, 0.5) is 26.3 Å². The zero-order valence-electron chi connectivity index (χ0n) is 11.1. The highest BCUT2D eigenvalue weighted by atomic mass is 19.4. The lowest BCUT2D eigenvalue weighted by molar-refractivity contribution is -0.289. The van der Waals surface area contributed by atoms with Crippen LogP contribution >= 0.6 is 0 Å². The van der Waals surface area contributed by atoms with Gasteiger partial charge in [0.1, 0.15) is 5.75 Å². The average Bonchev–Trinajstić information content (AvgIpc) is 2.33. The molecule has 0 spiro atoms. The van der Waals surface area contributed by atoms with Crippen LogP contribution in [-0.4, -0.2) is 25.5 Å². The summed E-state index contributed by atoms with van der Waals surface area (Å²) in [4.78, 5) is 0. The lowest BCUT2D eigenvalue weighted by Crippen LogP contribution is -2.49. The first kappa shape index (κ1) is 17.6. The highest BCUT2D eigenvalue weighted by Crippen LogP contribution is 2.41. The summed E-state index contributed by atoms with van der Waals surface area (Å²) < 4.78 is 79.7. The number of halogens is 6. The van der Waals surface area contributed by atoms with Crippen LogP contribution in [0.5, 0.6) is 5.75 Å². The first-order valence-corrected chi connectivity index (χ1v) is 6.07. The summed E-state index contributed by atoms with van der Waals surface area (Å²) in [7, 11) is 1.45. The second-order valence-electron chi connectivity index (χ2n) is 4.61. The molecular weight excluding hydrogens is 300 g/mol. The number of alkyl halides is 6. The molecule has 0 saturated heterocycles. The number of benzene rings is 1. The molecule has 0 aromatic heterocycles. The standard InChI is InChI=1S/C13H15F6NO/c1-21-9-5-2-8(3-6-9)4-7-10(20)11(12(14,15)16)13(17,18)19/h2-3,5-6,10-11H,4,7,20H2,1H3. The summed E-state index contributed by atoms with van der Waals surface area (Å²) in [6.45, 7) is 0. The maximum atomic E-state index is 12.5. The molecule has 1 rings (SSSR count). The Hall–Kier alpha value is -1.44. The van der Waals surface area contributed by atoms with Crippen LogP contribution in [0.15, 0.2) is 24.3 Å². The van der Waals surface area contributed by atoms with E-state index in [-0.39, 0.29) is 6.42 Å². The number of ether oxygens (including phenoxy) is 1. The summed E-state index contributed by atoms with van der Waals surface area (Å²) in [5.74, 6) is -2.96. The van der Waals surface area contributed by atoms with Crippen molar-refractivity contribution in [1.29, 1.82) is 0 Å². The molecule has 2 nitrogen and oxygen atoms in total. The predicted molar refractivity (Wildman–Crippen MR) is 64.9 cm³/mol. The van der Waals surface area contributed by atoms with Crippen LogP contribution in [0.3, 0.4) is 0 Å². The van der Waals surface area contributed by atoms with Crippen molar-refractivity contribution in [3.05, 3.63) is 29.8 Å². The molecule has 120 valence electrons. The molecule has 1 aromatic rings.